The van der Waals surface area contributed by atoms with Gasteiger partial charge in [0.2, 0.25) is 0 Å². The van der Waals surface area contributed by atoms with Crippen LogP contribution in [0.1, 0.15) is 19.8 Å². The van der Waals surface area contributed by atoms with E-state index in [0.29, 0.717) is 18.3 Å². The molecule has 0 spiro atoms. The minimum Gasteiger partial charge on any atom is -0.376 e. The second kappa shape index (κ2) is 4.94. The highest BCUT2D eigenvalue weighted by molar-refractivity contribution is 5.36. The lowest BCUT2D eigenvalue weighted by Crippen LogP contribution is -2.69. The van der Waals surface area contributed by atoms with Crippen LogP contribution in [-0.4, -0.2) is 34.3 Å². The molecule has 6 nitrogen and oxygen atoms in total. The number of rotatable bonds is 3. The van der Waals surface area contributed by atoms with E-state index in [1.54, 1.807) is 17.0 Å². The predicted molar refractivity (Wildman–Crippen MR) is 72.0 cm³/mol. The first kappa shape index (κ1) is 12.6. The third-order valence-electron chi connectivity index (χ3n) is 4.23. The van der Waals surface area contributed by atoms with Crippen molar-refractivity contribution in [3.8, 4) is 0 Å². The largest absolute Gasteiger partial charge is 0.376 e. The number of nitrogens with zero attached hydrogens (tertiary/aromatic N) is 2. The Morgan fingerprint density at radius 3 is 3.26 bits per heavy atom. The molecular weight excluding hydrogens is 244 g/mol. The van der Waals surface area contributed by atoms with Crippen molar-refractivity contribution >= 4 is 5.82 Å². The van der Waals surface area contributed by atoms with Crippen LogP contribution in [0.4, 0.5) is 5.82 Å². The average Bonchev–Trinajstić information content (AvgIpc) is 2.45. The molecule has 3 N–H and O–H groups in total. The number of hydrogen-bond acceptors (Lipinski definition) is 5. The first-order valence-electron chi connectivity index (χ1n) is 6.91. The third kappa shape index (κ3) is 2.04. The average molecular weight is 264 g/mol. The summed E-state index contributed by atoms with van der Waals surface area (Å²) in [6, 6.07) is 0.0417. The van der Waals surface area contributed by atoms with E-state index < -0.39 is 0 Å². The summed E-state index contributed by atoms with van der Waals surface area (Å²) in [7, 11) is 0. The first-order chi connectivity index (χ1) is 9.22. The lowest BCUT2D eigenvalue weighted by Gasteiger charge is -2.52. The molecule has 4 atom stereocenters. The Kier molecular flexibility index (Phi) is 3.28. The molecular formula is C13H20N4O2. The number of hydrogen-bond donors (Lipinski definition) is 2. The molecule has 6 heteroatoms. The van der Waals surface area contributed by atoms with Gasteiger partial charge in [0.1, 0.15) is 0 Å². The molecule has 0 bridgehead atoms. The van der Waals surface area contributed by atoms with Crippen molar-refractivity contribution in [2.75, 3.05) is 11.9 Å². The van der Waals surface area contributed by atoms with Crippen molar-refractivity contribution in [3.63, 3.8) is 0 Å². The summed E-state index contributed by atoms with van der Waals surface area (Å²) < 4.78 is 7.37. The van der Waals surface area contributed by atoms with Gasteiger partial charge in [-0.25, -0.2) is 4.98 Å². The van der Waals surface area contributed by atoms with E-state index in [0.717, 1.165) is 19.4 Å². The fourth-order valence-corrected chi connectivity index (χ4v) is 3.08. The van der Waals surface area contributed by atoms with Crippen molar-refractivity contribution in [2.24, 2.45) is 11.7 Å². The fourth-order valence-electron chi connectivity index (χ4n) is 3.08. The van der Waals surface area contributed by atoms with E-state index in [4.69, 9.17) is 10.5 Å². The zero-order valence-electron chi connectivity index (χ0n) is 11.1. The summed E-state index contributed by atoms with van der Waals surface area (Å²) in [6.45, 7) is 3.35. The van der Waals surface area contributed by atoms with Crippen molar-refractivity contribution < 1.29 is 4.74 Å². The summed E-state index contributed by atoms with van der Waals surface area (Å²) in [6.07, 6.45) is 5.64. The molecule has 4 unspecified atom stereocenters. The number of aromatic nitrogens is 2. The maximum absolute atomic E-state index is 12.1. The maximum atomic E-state index is 12.1. The van der Waals surface area contributed by atoms with Crippen LogP contribution in [0, 0.1) is 5.92 Å². The van der Waals surface area contributed by atoms with Gasteiger partial charge < -0.3 is 20.4 Å². The van der Waals surface area contributed by atoms with E-state index in [1.807, 2.05) is 6.92 Å². The second-order valence-electron chi connectivity index (χ2n) is 5.26. The van der Waals surface area contributed by atoms with Gasteiger partial charge in [-0.05, 0) is 19.8 Å². The van der Waals surface area contributed by atoms with Gasteiger partial charge in [0.05, 0.1) is 12.1 Å². The highest BCUT2D eigenvalue weighted by Gasteiger charge is 2.50. The van der Waals surface area contributed by atoms with Crippen LogP contribution in [0.3, 0.4) is 0 Å². The van der Waals surface area contributed by atoms with Crippen molar-refractivity contribution in [3.05, 3.63) is 22.7 Å². The summed E-state index contributed by atoms with van der Waals surface area (Å²) in [5, 5.41) is 3.18. The Morgan fingerprint density at radius 1 is 1.63 bits per heavy atom. The monoisotopic (exact) mass is 264 g/mol. The number of nitrogens with one attached hydrogen (secondary N) is 1. The number of nitrogens with two attached hydrogens (primary N) is 1. The zero-order valence-corrected chi connectivity index (χ0v) is 11.1. The summed E-state index contributed by atoms with van der Waals surface area (Å²) in [5.74, 6) is 0.792. The smallest absolute Gasteiger partial charge is 0.293 e. The minimum absolute atomic E-state index is 0.00166. The van der Waals surface area contributed by atoms with Crippen molar-refractivity contribution in [2.45, 2.75) is 44.5 Å². The molecule has 1 aliphatic carbocycles. The Bertz CT molecular complexity index is 516. The molecule has 1 saturated carbocycles. The van der Waals surface area contributed by atoms with E-state index in [1.165, 1.54) is 0 Å². The summed E-state index contributed by atoms with van der Waals surface area (Å²) in [5.41, 5.74) is 6.07. The number of ether oxygens (including phenoxy) is 1. The van der Waals surface area contributed by atoms with Crippen LogP contribution >= 0.6 is 0 Å². The molecule has 0 amide bonds. The van der Waals surface area contributed by atoms with Crippen LogP contribution in [0.25, 0.3) is 0 Å². The van der Waals surface area contributed by atoms with Gasteiger partial charge in [-0.15, -0.1) is 0 Å². The normalized spacial score (nSPS) is 33.4. The van der Waals surface area contributed by atoms with E-state index in [-0.39, 0.29) is 23.7 Å². The third-order valence-corrected chi connectivity index (χ3v) is 4.23. The van der Waals surface area contributed by atoms with Gasteiger partial charge in [0.25, 0.3) is 5.56 Å². The van der Waals surface area contributed by atoms with Gasteiger partial charge in [0.15, 0.2) is 5.82 Å². The Morgan fingerprint density at radius 2 is 2.47 bits per heavy atom. The van der Waals surface area contributed by atoms with Crippen LogP contribution in [0.2, 0.25) is 0 Å². The molecule has 0 aromatic carbocycles. The van der Waals surface area contributed by atoms with Gasteiger partial charge in [-0.1, -0.05) is 0 Å². The Hall–Kier alpha value is -1.40. The highest BCUT2D eigenvalue weighted by atomic mass is 16.5. The van der Waals surface area contributed by atoms with Gasteiger partial charge in [-0.2, -0.15) is 0 Å². The Balaban J connectivity index is 1.77. The van der Waals surface area contributed by atoms with Crippen LogP contribution in [-0.2, 0) is 11.3 Å². The molecule has 2 fully saturated rings. The Labute approximate surface area is 112 Å². The molecule has 1 aromatic heterocycles. The summed E-state index contributed by atoms with van der Waals surface area (Å²) >= 11 is 0. The summed E-state index contributed by atoms with van der Waals surface area (Å²) in [4.78, 5) is 16.2. The van der Waals surface area contributed by atoms with Crippen LogP contribution in [0.5, 0.6) is 0 Å². The van der Waals surface area contributed by atoms with Crippen LogP contribution < -0.4 is 16.6 Å². The maximum Gasteiger partial charge on any atom is 0.293 e. The van der Waals surface area contributed by atoms with E-state index >= 15 is 0 Å². The second-order valence-corrected chi connectivity index (χ2v) is 5.26. The lowest BCUT2D eigenvalue weighted by molar-refractivity contribution is -0.104. The van der Waals surface area contributed by atoms with Crippen molar-refractivity contribution in [1.29, 1.82) is 0 Å². The first-order valence-corrected chi connectivity index (χ1v) is 6.91. The molecule has 3 rings (SSSR count). The minimum atomic E-state index is -0.101. The molecule has 1 aliphatic heterocycles. The number of aryl methyl sites for hydroxylation is 1. The lowest BCUT2D eigenvalue weighted by atomic mass is 9.68. The standard InChI is InChI=1S/C13H20N4O2/c1-2-17-6-5-15-12(13(17)18)16-10-9(14)8-4-3-7-19-11(8)10/h5-6,8-11H,2-4,7,14H2,1H3,(H,15,16). The zero-order chi connectivity index (χ0) is 13.4. The fraction of sp³-hybridized carbons (Fsp3) is 0.692. The molecule has 19 heavy (non-hydrogen) atoms. The SMILES string of the molecule is CCn1ccnc(NC2C(N)C3CCCOC32)c1=O. The topological polar surface area (TPSA) is 82.2 Å². The molecule has 1 saturated heterocycles. The number of anilines is 1. The quantitative estimate of drug-likeness (QED) is 0.814. The predicted octanol–water partition coefficient (Wildman–Crippen LogP) is 0.180. The van der Waals surface area contributed by atoms with Crippen LogP contribution in [0.15, 0.2) is 17.2 Å². The van der Waals surface area contributed by atoms with Crippen molar-refractivity contribution in [1.82, 2.24) is 9.55 Å². The molecule has 0 radical (unpaired) electrons. The number of fused-ring (bicyclic) bond motifs is 1. The van der Waals surface area contributed by atoms with E-state index in [9.17, 15) is 4.79 Å². The molecule has 2 heterocycles. The highest BCUT2D eigenvalue weighted by Crippen LogP contribution is 2.38. The molecule has 1 aromatic rings. The van der Waals surface area contributed by atoms with Gasteiger partial charge >= 0.3 is 0 Å². The van der Waals surface area contributed by atoms with E-state index in [2.05, 4.69) is 10.3 Å². The van der Waals surface area contributed by atoms with Gasteiger partial charge in [-0.3, -0.25) is 4.79 Å². The molecule has 2 aliphatic rings. The van der Waals surface area contributed by atoms with Gasteiger partial charge in [0, 0.05) is 37.5 Å². The molecule has 104 valence electrons.